The molecule has 0 aliphatic carbocycles. The number of nitrogens with zero attached hydrogens (tertiary/aromatic N) is 1. The quantitative estimate of drug-likeness (QED) is 0.462. The Hall–Kier alpha value is -2.64. The molecule has 0 heterocycles. The lowest BCUT2D eigenvalue weighted by molar-refractivity contribution is -0.138. The first kappa shape index (κ1) is 19.7. The van der Waals surface area contributed by atoms with Gasteiger partial charge in [0.2, 0.25) is 0 Å². The summed E-state index contributed by atoms with van der Waals surface area (Å²) >= 11 is 12.3. The van der Waals surface area contributed by atoms with Gasteiger partial charge in [-0.1, -0.05) is 35.3 Å². The topological polar surface area (TPSA) is 79.8 Å². The lowest BCUT2D eigenvalue weighted by Crippen LogP contribution is -2.35. The van der Waals surface area contributed by atoms with E-state index in [4.69, 9.17) is 27.9 Å². The lowest BCUT2D eigenvalue weighted by atomic mass is 10.2. The zero-order valence-corrected chi connectivity index (χ0v) is 15.1. The molecule has 0 aliphatic rings. The summed E-state index contributed by atoms with van der Waals surface area (Å²) in [6.07, 6.45) is 1.28. The number of amides is 2. The highest BCUT2D eigenvalue weighted by Crippen LogP contribution is 2.34. The molecule has 0 saturated carbocycles. The predicted octanol–water partition coefficient (Wildman–Crippen LogP) is 2.91. The Labute approximate surface area is 158 Å². The van der Waals surface area contributed by atoms with Crippen molar-refractivity contribution in [2.24, 2.45) is 5.10 Å². The number of hydrogen-bond donors (Lipinski definition) is 2. The van der Waals surface area contributed by atoms with Crippen molar-refractivity contribution in [1.82, 2.24) is 10.7 Å². The van der Waals surface area contributed by atoms with E-state index in [1.54, 1.807) is 12.1 Å². The van der Waals surface area contributed by atoms with Crippen molar-refractivity contribution >= 4 is 41.2 Å². The fourth-order valence-electron chi connectivity index (χ4n) is 1.86. The van der Waals surface area contributed by atoms with E-state index in [1.807, 2.05) is 0 Å². The lowest BCUT2D eigenvalue weighted by Gasteiger charge is -2.11. The van der Waals surface area contributed by atoms with E-state index in [1.165, 1.54) is 37.5 Å². The van der Waals surface area contributed by atoms with Crippen molar-refractivity contribution in [3.05, 3.63) is 63.4 Å². The molecule has 6 nitrogen and oxygen atoms in total. The Bertz CT molecular complexity index is 819. The summed E-state index contributed by atoms with van der Waals surface area (Å²) in [7, 11) is 1.33. The molecule has 0 radical (unpaired) electrons. The van der Waals surface area contributed by atoms with Crippen molar-refractivity contribution in [3.8, 4) is 5.75 Å². The molecule has 2 N–H and O–H groups in total. The average molecular weight is 398 g/mol. The van der Waals surface area contributed by atoms with Gasteiger partial charge in [-0.25, -0.2) is 9.82 Å². The number of hydrazone groups is 1. The summed E-state index contributed by atoms with van der Waals surface area (Å²) in [5.41, 5.74) is 3.30. The highest BCUT2D eigenvalue weighted by Gasteiger charge is 2.11. The summed E-state index contributed by atoms with van der Waals surface area (Å²) in [4.78, 5) is 22.3. The first-order valence-electron chi connectivity index (χ1n) is 7.32. The highest BCUT2D eigenvalue weighted by atomic mass is 35.5. The van der Waals surface area contributed by atoms with Crippen LogP contribution in [0.25, 0.3) is 0 Å². The van der Waals surface area contributed by atoms with E-state index in [0.717, 1.165) is 5.56 Å². The molecule has 0 spiro atoms. The fraction of sp³-hybridized carbons (Fsp3) is 0.118. The third kappa shape index (κ3) is 5.44. The van der Waals surface area contributed by atoms with Crippen LogP contribution < -0.4 is 15.5 Å². The maximum absolute atomic E-state index is 12.9. The Morgan fingerprint density at radius 3 is 2.35 bits per heavy atom. The minimum absolute atomic E-state index is 0.162. The van der Waals surface area contributed by atoms with Gasteiger partial charge >= 0.3 is 11.8 Å². The third-order valence-electron chi connectivity index (χ3n) is 3.13. The highest BCUT2D eigenvalue weighted by molar-refractivity contribution is 6.37. The number of carbonyl (C=O) groups excluding carboxylic acids is 2. The molecule has 0 aliphatic heterocycles. The molecule has 2 amide bonds. The number of rotatable bonds is 5. The molecule has 2 aromatic rings. The van der Waals surface area contributed by atoms with Crippen LogP contribution in [-0.4, -0.2) is 25.1 Å². The largest absolute Gasteiger partial charge is 0.486 e. The van der Waals surface area contributed by atoms with Crippen LogP contribution in [0.5, 0.6) is 5.75 Å². The number of hydrogen-bond acceptors (Lipinski definition) is 4. The Kier molecular flexibility index (Phi) is 6.94. The minimum Gasteiger partial charge on any atom is -0.486 e. The van der Waals surface area contributed by atoms with Gasteiger partial charge in [0.25, 0.3) is 0 Å². The summed E-state index contributed by atoms with van der Waals surface area (Å²) in [6, 6.07) is 8.90. The second-order valence-corrected chi connectivity index (χ2v) is 5.82. The van der Waals surface area contributed by atoms with Crippen LogP contribution in [0.15, 0.2) is 41.5 Å². The molecule has 0 aromatic heterocycles. The van der Waals surface area contributed by atoms with E-state index >= 15 is 0 Å². The molecular weight excluding hydrogens is 384 g/mol. The van der Waals surface area contributed by atoms with Gasteiger partial charge < -0.3 is 10.1 Å². The SMILES string of the molecule is CNC(=O)C(=O)N/N=C\c1cc(Cl)c(OCc2ccc(F)cc2)c(Cl)c1. The monoisotopic (exact) mass is 397 g/mol. The average Bonchev–Trinajstić information content (AvgIpc) is 2.61. The minimum atomic E-state index is -0.903. The van der Waals surface area contributed by atoms with Crippen LogP contribution in [0.3, 0.4) is 0 Å². The maximum atomic E-state index is 12.9. The Morgan fingerprint density at radius 2 is 1.77 bits per heavy atom. The molecule has 0 atom stereocenters. The zero-order chi connectivity index (χ0) is 19.1. The van der Waals surface area contributed by atoms with Crippen LogP contribution in [0.4, 0.5) is 4.39 Å². The normalized spacial score (nSPS) is 10.6. The number of benzene rings is 2. The Balaban J connectivity index is 2.04. The smallest absolute Gasteiger partial charge is 0.329 e. The Morgan fingerprint density at radius 1 is 1.15 bits per heavy atom. The van der Waals surface area contributed by atoms with E-state index < -0.39 is 11.8 Å². The first-order chi connectivity index (χ1) is 12.4. The first-order valence-corrected chi connectivity index (χ1v) is 8.07. The standard InChI is InChI=1S/C17H14Cl2FN3O3/c1-21-16(24)17(25)23-22-8-11-6-13(18)15(14(19)7-11)26-9-10-2-4-12(20)5-3-10/h2-8H,9H2,1H3,(H,21,24)(H,23,25)/b22-8-. The molecule has 2 rings (SSSR count). The van der Waals surface area contributed by atoms with E-state index in [0.29, 0.717) is 5.56 Å². The number of nitrogens with one attached hydrogen (secondary N) is 2. The number of halogens is 3. The van der Waals surface area contributed by atoms with Crippen LogP contribution in [0.1, 0.15) is 11.1 Å². The van der Waals surface area contributed by atoms with Gasteiger partial charge in [-0.2, -0.15) is 5.10 Å². The second kappa shape index (κ2) is 9.17. The van der Waals surface area contributed by atoms with Gasteiger partial charge in [0.05, 0.1) is 16.3 Å². The van der Waals surface area contributed by atoms with Crippen molar-refractivity contribution in [2.75, 3.05) is 7.05 Å². The summed E-state index contributed by atoms with van der Waals surface area (Å²) in [5.74, 6) is -1.79. The zero-order valence-electron chi connectivity index (χ0n) is 13.6. The summed E-state index contributed by atoms with van der Waals surface area (Å²) in [6.45, 7) is 0.162. The molecule has 0 saturated heterocycles. The molecule has 9 heteroatoms. The van der Waals surface area contributed by atoms with Crippen molar-refractivity contribution in [1.29, 1.82) is 0 Å². The van der Waals surface area contributed by atoms with Crippen molar-refractivity contribution < 1.29 is 18.7 Å². The third-order valence-corrected chi connectivity index (χ3v) is 3.69. The number of carbonyl (C=O) groups is 2. The molecule has 0 unspecified atom stereocenters. The van der Waals surface area contributed by atoms with Gasteiger partial charge in [0.15, 0.2) is 5.75 Å². The van der Waals surface area contributed by atoms with Crippen molar-refractivity contribution in [3.63, 3.8) is 0 Å². The summed E-state index contributed by atoms with van der Waals surface area (Å²) in [5, 5.41) is 6.28. The molecule has 26 heavy (non-hydrogen) atoms. The van der Waals surface area contributed by atoms with Crippen LogP contribution in [0, 0.1) is 5.82 Å². The summed E-state index contributed by atoms with van der Waals surface area (Å²) < 4.78 is 18.5. The van der Waals surface area contributed by atoms with Gasteiger partial charge in [-0.05, 0) is 35.4 Å². The molecular formula is C17H14Cl2FN3O3. The van der Waals surface area contributed by atoms with Crippen molar-refractivity contribution in [2.45, 2.75) is 6.61 Å². The van der Waals surface area contributed by atoms with Gasteiger partial charge in [0.1, 0.15) is 12.4 Å². The molecule has 0 bridgehead atoms. The number of likely N-dealkylation sites (N-methyl/N-ethyl adjacent to an activating group) is 1. The van der Waals surface area contributed by atoms with E-state index in [-0.39, 0.29) is 28.2 Å². The van der Waals surface area contributed by atoms with Gasteiger partial charge in [0, 0.05) is 7.05 Å². The second-order valence-electron chi connectivity index (χ2n) is 5.01. The molecule has 0 fully saturated rings. The fourth-order valence-corrected chi connectivity index (χ4v) is 2.47. The van der Waals surface area contributed by atoms with Gasteiger partial charge in [-0.15, -0.1) is 0 Å². The van der Waals surface area contributed by atoms with E-state index in [2.05, 4.69) is 15.8 Å². The van der Waals surface area contributed by atoms with E-state index in [9.17, 15) is 14.0 Å². The van der Waals surface area contributed by atoms with Crippen LogP contribution >= 0.6 is 23.2 Å². The van der Waals surface area contributed by atoms with Gasteiger partial charge in [-0.3, -0.25) is 9.59 Å². The van der Waals surface area contributed by atoms with Crippen LogP contribution in [-0.2, 0) is 16.2 Å². The molecule has 136 valence electrons. The predicted molar refractivity (Wildman–Crippen MR) is 97.0 cm³/mol. The number of ether oxygens (including phenoxy) is 1. The molecule has 2 aromatic carbocycles. The maximum Gasteiger partial charge on any atom is 0.329 e. The van der Waals surface area contributed by atoms with Crippen LogP contribution in [0.2, 0.25) is 10.0 Å².